The van der Waals surface area contributed by atoms with Crippen LogP contribution in [0.4, 0.5) is 5.69 Å². The molecule has 3 aliphatic rings. The van der Waals surface area contributed by atoms with Crippen LogP contribution in [0.25, 0.3) is 0 Å². The van der Waals surface area contributed by atoms with Gasteiger partial charge in [-0.25, -0.2) is 4.68 Å². The van der Waals surface area contributed by atoms with E-state index in [1.165, 1.54) is 11.1 Å². The number of amides is 1. The Kier molecular flexibility index (Phi) is 6.67. The van der Waals surface area contributed by atoms with E-state index in [9.17, 15) is 9.59 Å². The van der Waals surface area contributed by atoms with Crippen molar-refractivity contribution in [3.05, 3.63) is 51.1 Å². The highest BCUT2D eigenvalue weighted by molar-refractivity contribution is 9.10. The van der Waals surface area contributed by atoms with Crippen LogP contribution in [0, 0.1) is 29.1 Å². The number of pyridine rings is 1. The third-order valence-electron chi connectivity index (χ3n) is 8.02. The Morgan fingerprint density at radius 1 is 1.27 bits per heavy atom. The molecule has 0 spiro atoms. The number of fused-ring (bicyclic) bond motifs is 2. The molecule has 3 saturated carbocycles. The first-order chi connectivity index (χ1) is 15.6. The lowest BCUT2D eigenvalue weighted by molar-refractivity contribution is -0.123. The summed E-state index contributed by atoms with van der Waals surface area (Å²) in [5.74, 6) is 1.90. The van der Waals surface area contributed by atoms with E-state index in [1.807, 2.05) is 26.0 Å². The molecule has 0 aliphatic heterocycles. The molecule has 0 radical (unpaired) electrons. The van der Waals surface area contributed by atoms with Crippen LogP contribution in [0.1, 0.15) is 59.1 Å². The number of halogens is 1. The minimum atomic E-state index is -0.311. The predicted octanol–water partition coefficient (Wildman–Crippen LogP) is 4.40. The molecule has 3 aliphatic carbocycles. The first-order valence-corrected chi connectivity index (χ1v) is 12.6. The molecule has 5 rings (SSSR count). The third kappa shape index (κ3) is 4.59. The van der Waals surface area contributed by atoms with E-state index in [0.29, 0.717) is 33.5 Å². The van der Waals surface area contributed by atoms with Gasteiger partial charge in [-0.15, -0.1) is 0 Å². The second kappa shape index (κ2) is 9.20. The minimum absolute atomic E-state index is 0.135. The normalized spacial score (nSPS) is 26.4. The zero-order chi connectivity index (χ0) is 23.9. The van der Waals surface area contributed by atoms with Gasteiger partial charge >= 0.3 is 0 Å². The van der Waals surface area contributed by atoms with Gasteiger partial charge in [0, 0.05) is 18.4 Å². The summed E-state index contributed by atoms with van der Waals surface area (Å²) in [6.07, 6.45) is 7.49. The molecule has 2 aromatic rings. The van der Waals surface area contributed by atoms with Crippen molar-refractivity contribution in [1.82, 2.24) is 20.1 Å². The van der Waals surface area contributed by atoms with E-state index >= 15 is 0 Å². The molecule has 2 heterocycles. The van der Waals surface area contributed by atoms with E-state index in [-0.39, 0.29) is 30.0 Å². The van der Waals surface area contributed by atoms with Crippen molar-refractivity contribution in [3.63, 3.8) is 0 Å². The van der Waals surface area contributed by atoms with Crippen molar-refractivity contribution in [2.45, 2.75) is 66.1 Å². The first-order valence-electron chi connectivity index (χ1n) is 11.8. The van der Waals surface area contributed by atoms with Crippen LogP contribution >= 0.6 is 15.9 Å². The van der Waals surface area contributed by atoms with Gasteiger partial charge in [-0.05, 0) is 75.6 Å². The third-order valence-corrected chi connectivity index (χ3v) is 8.79. The van der Waals surface area contributed by atoms with E-state index in [4.69, 9.17) is 0 Å². The van der Waals surface area contributed by atoms with Gasteiger partial charge in [-0.1, -0.05) is 34.6 Å². The summed E-state index contributed by atoms with van der Waals surface area (Å²) in [5, 5.41) is 10.9. The first kappa shape index (κ1) is 23.9. The molecular weight excluding hydrogens is 482 g/mol. The average molecular weight is 516 g/mol. The fourth-order valence-corrected chi connectivity index (χ4v) is 6.20. The lowest BCUT2D eigenvalue weighted by Gasteiger charge is -2.62. The standard InChI is InChI=1S/C25H34BrN5O2/c1-14(2)23(16-6-8-27-9-7-16)30-21(32)13-31-24(33)22(26)20(12-28-31)29-19-11-17-10-18(15(19)3)25(17,4)5/h6-9,12,14-15,17-19,23,29H,10-11,13H2,1-5H3,(H,30,32)/t15-,17-,18+,19-,23?/m1/s1. The Balaban J connectivity index is 1.43. The maximum atomic E-state index is 12.9. The maximum absolute atomic E-state index is 12.9. The molecule has 5 atom stereocenters. The Morgan fingerprint density at radius 2 is 1.97 bits per heavy atom. The van der Waals surface area contributed by atoms with Gasteiger partial charge in [0.2, 0.25) is 5.91 Å². The Labute approximate surface area is 203 Å². The fourth-order valence-electron chi connectivity index (χ4n) is 5.78. The number of hydrogen-bond acceptors (Lipinski definition) is 5. The van der Waals surface area contributed by atoms with Gasteiger partial charge in [-0.3, -0.25) is 14.6 Å². The predicted molar refractivity (Wildman–Crippen MR) is 133 cm³/mol. The zero-order valence-corrected chi connectivity index (χ0v) is 21.6. The van der Waals surface area contributed by atoms with E-state index < -0.39 is 0 Å². The molecular formula is C25H34BrN5O2. The van der Waals surface area contributed by atoms with Gasteiger partial charge in [0.25, 0.3) is 5.56 Å². The second-order valence-electron chi connectivity index (χ2n) is 10.6. The summed E-state index contributed by atoms with van der Waals surface area (Å²) >= 11 is 3.45. The molecule has 3 fully saturated rings. The van der Waals surface area contributed by atoms with Crippen LogP contribution in [-0.2, 0) is 11.3 Å². The van der Waals surface area contributed by atoms with Crippen LogP contribution in [0.15, 0.2) is 40.0 Å². The molecule has 178 valence electrons. The zero-order valence-electron chi connectivity index (χ0n) is 20.0. The van der Waals surface area contributed by atoms with Crippen LogP contribution in [0.3, 0.4) is 0 Å². The summed E-state index contributed by atoms with van der Waals surface area (Å²) in [7, 11) is 0. The summed E-state index contributed by atoms with van der Waals surface area (Å²) in [6.45, 7) is 11.0. The second-order valence-corrected chi connectivity index (χ2v) is 11.4. The smallest absolute Gasteiger partial charge is 0.283 e. The summed E-state index contributed by atoms with van der Waals surface area (Å²) in [5.41, 5.74) is 1.78. The quantitative estimate of drug-likeness (QED) is 0.570. The SMILES string of the molecule is CC(C)C(NC(=O)Cn1ncc(N[C@@H]2C[C@H]3C[C@@H]([C@H]2C)C3(C)C)c(Br)c1=O)c1ccncc1. The molecule has 8 heteroatoms. The molecule has 1 amide bonds. The monoisotopic (exact) mass is 515 g/mol. The minimum Gasteiger partial charge on any atom is -0.380 e. The lowest BCUT2D eigenvalue weighted by Crippen LogP contribution is -2.58. The molecule has 33 heavy (non-hydrogen) atoms. The highest BCUT2D eigenvalue weighted by atomic mass is 79.9. The van der Waals surface area contributed by atoms with Crippen LogP contribution in [-0.4, -0.2) is 26.7 Å². The Morgan fingerprint density at radius 3 is 2.58 bits per heavy atom. The Hall–Kier alpha value is -2.22. The molecule has 0 aromatic carbocycles. The number of anilines is 1. The molecule has 2 bridgehead atoms. The van der Waals surface area contributed by atoms with Crippen molar-refractivity contribution in [3.8, 4) is 0 Å². The highest BCUT2D eigenvalue weighted by Gasteiger charge is 2.56. The van der Waals surface area contributed by atoms with Crippen molar-refractivity contribution >= 4 is 27.5 Å². The van der Waals surface area contributed by atoms with Crippen molar-refractivity contribution < 1.29 is 4.79 Å². The van der Waals surface area contributed by atoms with Gasteiger partial charge in [0.1, 0.15) is 11.0 Å². The molecule has 7 nitrogen and oxygen atoms in total. The van der Waals surface area contributed by atoms with Crippen molar-refractivity contribution in [2.75, 3.05) is 5.32 Å². The van der Waals surface area contributed by atoms with Gasteiger partial charge in [0.15, 0.2) is 0 Å². The van der Waals surface area contributed by atoms with Gasteiger partial charge in [0.05, 0.1) is 17.9 Å². The van der Waals surface area contributed by atoms with E-state index in [0.717, 1.165) is 17.9 Å². The van der Waals surface area contributed by atoms with Crippen molar-refractivity contribution in [2.24, 2.45) is 29.1 Å². The number of nitrogens with one attached hydrogen (secondary N) is 2. The number of nitrogens with zero attached hydrogens (tertiary/aromatic N) is 3. The van der Waals surface area contributed by atoms with E-state index in [1.54, 1.807) is 18.6 Å². The summed E-state index contributed by atoms with van der Waals surface area (Å²) in [6, 6.07) is 3.95. The topological polar surface area (TPSA) is 88.9 Å². The fraction of sp³-hybridized carbons (Fsp3) is 0.600. The van der Waals surface area contributed by atoms with Gasteiger partial charge in [-0.2, -0.15) is 5.10 Å². The molecule has 1 unspecified atom stereocenters. The molecule has 2 aromatic heterocycles. The number of carbonyl (C=O) groups excluding carboxylic acids is 1. The number of carbonyl (C=O) groups is 1. The molecule has 0 saturated heterocycles. The van der Waals surface area contributed by atoms with Crippen LogP contribution in [0.2, 0.25) is 0 Å². The maximum Gasteiger partial charge on any atom is 0.283 e. The van der Waals surface area contributed by atoms with E-state index in [2.05, 4.69) is 57.4 Å². The summed E-state index contributed by atoms with van der Waals surface area (Å²) < 4.78 is 1.63. The van der Waals surface area contributed by atoms with Crippen LogP contribution < -0.4 is 16.2 Å². The van der Waals surface area contributed by atoms with Crippen LogP contribution in [0.5, 0.6) is 0 Å². The number of hydrogen-bond donors (Lipinski definition) is 2. The Bertz CT molecular complexity index is 1070. The average Bonchev–Trinajstić information content (AvgIpc) is 2.78. The highest BCUT2D eigenvalue weighted by Crippen LogP contribution is 2.61. The summed E-state index contributed by atoms with van der Waals surface area (Å²) in [4.78, 5) is 29.7. The number of rotatable bonds is 7. The van der Waals surface area contributed by atoms with Crippen molar-refractivity contribution in [1.29, 1.82) is 0 Å². The van der Waals surface area contributed by atoms with Gasteiger partial charge < -0.3 is 10.6 Å². The lowest BCUT2D eigenvalue weighted by atomic mass is 9.45. The number of aromatic nitrogens is 3. The molecule has 2 N–H and O–H groups in total. The largest absolute Gasteiger partial charge is 0.380 e.